The number of aliphatic hydroxyl groups is 1. The van der Waals surface area contributed by atoms with Crippen LogP contribution in [0.25, 0.3) is 0 Å². The Kier molecular flexibility index (Phi) is 9.43. The molecule has 1 N–H and O–H groups in total. The van der Waals surface area contributed by atoms with Gasteiger partial charge in [0, 0.05) is 29.9 Å². The summed E-state index contributed by atoms with van der Waals surface area (Å²) >= 11 is 0. The second kappa shape index (κ2) is 12.4. The van der Waals surface area contributed by atoms with Gasteiger partial charge in [-0.3, -0.25) is 0 Å². The minimum absolute atomic E-state index is 0.00575. The molecule has 0 fully saturated rings. The lowest BCUT2D eigenvalue weighted by Gasteiger charge is -2.29. The average Bonchev–Trinajstić information content (AvgIpc) is 2.84. The van der Waals surface area contributed by atoms with Crippen LogP contribution >= 0.6 is 0 Å². The fraction of sp³-hybridized carbons (Fsp3) is 0.280. The summed E-state index contributed by atoms with van der Waals surface area (Å²) in [7, 11) is 0. The van der Waals surface area contributed by atoms with Gasteiger partial charge in [-0.25, -0.2) is 0 Å². The van der Waals surface area contributed by atoms with Crippen LogP contribution < -0.4 is 19.1 Å². The first-order valence-corrected chi connectivity index (χ1v) is 11.0. The number of hydrogen-bond acceptors (Lipinski definition) is 5. The highest BCUT2D eigenvalue weighted by Crippen LogP contribution is 2.34. The summed E-state index contributed by atoms with van der Waals surface area (Å²) in [5.74, 6) is -0.856. The zero-order chi connectivity index (χ0) is 28.8. The van der Waals surface area contributed by atoms with E-state index in [2.05, 4.69) is 9.47 Å². The highest BCUT2D eigenvalue weighted by atomic mass is 19.4. The third kappa shape index (κ3) is 8.60. The first-order chi connectivity index (χ1) is 18.2. The highest BCUT2D eigenvalue weighted by Gasteiger charge is 2.44. The number of rotatable bonds is 12. The molecule has 0 aromatic heterocycles. The van der Waals surface area contributed by atoms with E-state index in [-0.39, 0.29) is 28.5 Å². The van der Waals surface area contributed by atoms with Crippen molar-refractivity contribution in [2.45, 2.75) is 38.0 Å². The van der Waals surface area contributed by atoms with E-state index in [4.69, 9.17) is 4.74 Å². The standard InChI is InChI=1S/C25H20F9NO4/c26-22(27)25(33,34)39-20-10-2-1-5-15(20)13-35(14-21(36)24(30,31)32)16-6-3-7-17(11-16)37-18-8-4-9-19(12-18)38-23(28)29/h1-12,21-23,36H,13-14H2/t21-/m1/s1. The van der Waals surface area contributed by atoms with Gasteiger partial charge in [-0.1, -0.05) is 30.3 Å². The molecule has 5 nitrogen and oxygen atoms in total. The molecule has 0 spiro atoms. The summed E-state index contributed by atoms with van der Waals surface area (Å²) < 4.78 is 131. The van der Waals surface area contributed by atoms with E-state index in [1.165, 1.54) is 60.7 Å². The minimum atomic E-state index is -5.05. The fourth-order valence-electron chi connectivity index (χ4n) is 3.30. The summed E-state index contributed by atoms with van der Waals surface area (Å²) in [6.45, 7) is -4.75. The number of aliphatic hydroxyl groups excluding tert-OH is 1. The van der Waals surface area contributed by atoms with Crippen molar-refractivity contribution in [2.24, 2.45) is 0 Å². The van der Waals surface area contributed by atoms with Crippen molar-refractivity contribution in [1.29, 1.82) is 0 Å². The maximum Gasteiger partial charge on any atom is 0.461 e. The normalized spacial score (nSPS) is 12.9. The number of ether oxygens (including phenoxy) is 3. The van der Waals surface area contributed by atoms with Crippen molar-refractivity contribution >= 4 is 5.69 Å². The van der Waals surface area contributed by atoms with E-state index in [1.54, 1.807) is 0 Å². The zero-order valence-corrected chi connectivity index (χ0v) is 19.6. The molecule has 0 unspecified atom stereocenters. The van der Waals surface area contributed by atoms with Gasteiger partial charge in [-0.15, -0.1) is 0 Å². The Morgan fingerprint density at radius 3 is 2.03 bits per heavy atom. The Hall–Kier alpha value is -3.81. The molecular weight excluding hydrogens is 549 g/mol. The van der Waals surface area contributed by atoms with E-state index < -0.39 is 50.3 Å². The molecule has 0 saturated carbocycles. The van der Waals surface area contributed by atoms with Crippen LogP contribution in [0.15, 0.2) is 72.8 Å². The summed E-state index contributed by atoms with van der Waals surface area (Å²) in [4.78, 5) is 0.948. The fourth-order valence-corrected chi connectivity index (χ4v) is 3.30. The second-order valence-corrected chi connectivity index (χ2v) is 7.96. The zero-order valence-electron chi connectivity index (χ0n) is 19.6. The lowest BCUT2D eigenvalue weighted by atomic mass is 10.1. The first-order valence-electron chi connectivity index (χ1n) is 11.0. The van der Waals surface area contributed by atoms with Crippen LogP contribution in [0.4, 0.5) is 45.2 Å². The van der Waals surface area contributed by atoms with Gasteiger partial charge < -0.3 is 24.2 Å². The van der Waals surface area contributed by atoms with Crippen molar-refractivity contribution in [3.8, 4) is 23.0 Å². The largest absolute Gasteiger partial charge is 0.461 e. The molecule has 0 heterocycles. The van der Waals surface area contributed by atoms with E-state index in [9.17, 15) is 44.6 Å². The quantitative estimate of drug-likeness (QED) is 0.233. The Labute approximate surface area is 215 Å². The molecule has 14 heteroatoms. The van der Waals surface area contributed by atoms with Gasteiger partial charge >= 0.3 is 25.3 Å². The third-order valence-corrected chi connectivity index (χ3v) is 5.05. The van der Waals surface area contributed by atoms with Crippen LogP contribution in [0.2, 0.25) is 0 Å². The average molecular weight is 569 g/mol. The van der Waals surface area contributed by atoms with Crippen molar-refractivity contribution in [1.82, 2.24) is 0 Å². The predicted molar refractivity (Wildman–Crippen MR) is 121 cm³/mol. The maximum absolute atomic E-state index is 13.6. The van der Waals surface area contributed by atoms with Crippen LogP contribution in [-0.4, -0.2) is 43.1 Å². The van der Waals surface area contributed by atoms with Crippen molar-refractivity contribution in [2.75, 3.05) is 11.4 Å². The molecule has 0 aliphatic heterocycles. The van der Waals surface area contributed by atoms with Crippen LogP contribution in [0.5, 0.6) is 23.0 Å². The van der Waals surface area contributed by atoms with E-state index in [0.29, 0.717) is 0 Å². The molecule has 0 radical (unpaired) electrons. The molecule has 0 amide bonds. The smallest absolute Gasteiger partial charge is 0.457 e. The van der Waals surface area contributed by atoms with Gasteiger partial charge in [0.25, 0.3) is 0 Å². The summed E-state index contributed by atoms with van der Waals surface area (Å²) in [5.41, 5.74) is -0.179. The van der Waals surface area contributed by atoms with Crippen LogP contribution in [0.1, 0.15) is 5.56 Å². The van der Waals surface area contributed by atoms with Gasteiger partial charge in [-0.05, 0) is 30.3 Å². The number of hydrogen-bond donors (Lipinski definition) is 1. The van der Waals surface area contributed by atoms with Gasteiger partial charge in [0.1, 0.15) is 23.0 Å². The lowest BCUT2D eigenvalue weighted by Crippen LogP contribution is -2.41. The van der Waals surface area contributed by atoms with E-state index in [0.717, 1.165) is 17.0 Å². The Morgan fingerprint density at radius 1 is 0.769 bits per heavy atom. The summed E-state index contributed by atoms with van der Waals surface area (Å²) in [6, 6.07) is 15.1. The van der Waals surface area contributed by atoms with Crippen molar-refractivity contribution in [3.05, 3.63) is 78.4 Å². The number of alkyl halides is 9. The van der Waals surface area contributed by atoms with Crippen LogP contribution in [0, 0.1) is 0 Å². The molecule has 0 saturated heterocycles. The molecule has 0 bridgehead atoms. The molecule has 3 aromatic rings. The van der Waals surface area contributed by atoms with Gasteiger partial charge in [-0.2, -0.15) is 39.5 Å². The van der Waals surface area contributed by atoms with Gasteiger partial charge in [0.05, 0.1) is 6.54 Å². The molecular formula is C25H20F9NO4. The van der Waals surface area contributed by atoms with E-state index in [1.807, 2.05) is 0 Å². The Morgan fingerprint density at radius 2 is 1.38 bits per heavy atom. The third-order valence-electron chi connectivity index (χ3n) is 5.05. The van der Waals surface area contributed by atoms with Crippen LogP contribution in [-0.2, 0) is 6.54 Å². The second-order valence-electron chi connectivity index (χ2n) is 7.96. The first kappa shape index (κ1) is 29.7. The Balaban J connectivity index is 1.92. The number of benzene rings is 3. The lowest BCUT2D eigenvalue weighted by molar-refractivity contribution is -0.253. The number of anilines is 1. The number of nitrogens with zero attached hydrogens (tertiary/aromatic N) is 1. The SMILES string of the molecule is O[C@H](CN(Cc1ccccc1OC(F)(F)C(F)F)c1cccc(Oc2cccc(OC(F)F)c2)c1)C(F)(F)F. The Bertz CT molecular complexity index is 1220. The molecule has 1 atom stereocenters. The van der Waals surface area contributed by atoms with Crippen molar-refractivity contribution in [3.63, 3.8) is 0 Å². The van der Waals surface area contributed by atoms with Crippen molar-refractivity contribution < 1.29 is 58.8 Å². The summed E-state index contributed by atoms with van der Waals surface area (Å²) in [6.07, 6.45) is -17.0. The van der Waals surface area contributed by atoms with Gasteiger partial charge in [0.15, 0.2) is 6.10 Å². The van der Waals surface area contributed by atoms with Crippen LogP contribution in [0.3, 0.4) is 0 Å². The maximum atomic E-state index is 13.6. The molecule has 39 heavy (non-hydrogen) atoms. The monoisotopic (exact) mass is 569 g/mol. The predicted octanol–water partition coefficient (Wildman–Crippen LogP) is 7.25. The van der Waals surface area contributed by atoms with Gasteiger partial charge in [0.2, 0.25) is 0 Å². The topological polar surface area (TPSA) is 51.2 Å². The van der Waals surface area contributed by atoms with E-state index >= 15 is 0 Å². The molecule has 0 aliphatic rings. The molecule has 212 valence electrons. The molecule has 3 aromatic carbocycles. The minimum Gasteiger partial charge on any atom is -0.457 e. The summed E-state index contributed by atoms with van der Waals surface area (Å²) in [5, 5.41) is 9.71. The molecule has 0 aliphatic carbocycles. The number of halogens is 9. The molecule has 3 rings (SSSR count). The number of para-hydroxylation sites is 1. The highest BCUT2D eigenvalue weighted by molar-refractivity contribution is 5.53.